The summed E-state index contributed by atoms with van der Waals surface area (Å²) >= 11 is 3.51. The van der Waals surface area contributed by atoms with Crippen molar-refractivity contribution in [2.45, 2.75) is 26.7 Å². The van der Waals surface area contributed by atoms with Gasteiger partial charge in [-0.05, 0) is 31.0 Å². The lowest BCUT2D eigenvalue weighted by molar-refractivity contribution is 0.951. The van der Waals surface area contributed by atoms with E-state index in [9.17, 15) is 0 Å². The molecule has 1 aromatic carbocycles. The van der Waals surface area contributed by atoms with Crippen molar-refractivity contribution in [3.05, 3.63) is 40.0 Å². The number of aromatic nitrogens is 1. The molecule has 0 amide bonds. The Bertz CT molecular complexity index is 523. The van der Waals surface area contributed by atoms with Crippen LogP contribution in [-0.4, -0.2) is 4.98 Å². The zero-order valence-corrected chi connectivity index (χ0v) is 11.3. The van der Waals surface area contributed by atoms with Gasteiger partial charge in [0, 0.05) is 26.6 Å². The maximum absolute atomic E-state index is 3.51. The summed E-state index contributed by atoms with van der Waals surface area (Å²) < 4.78 is 1.14. The lowest BCUT2D eigenvalue weighted by atomic mass is 10.0. The lowest BCUT2D eigenvalue weighted by Gasteiger charge is -2.03. The third-order valence-corrected chi connectivity index (χ3v) is 3.22. The third-order valence-electron chi connectivity index (χ3n) is 2.73. The van der Waals surface area contributed by atoms with Crippen molar-refractivity contribution in [1.29, 1.82) is 0 Å². The normalized spacial score (nSPS) is 13.2. The molecule has 84 valence electrons. The summed E-state index contributed by atoms with van der Waals surface area (Å²) in [5.41, 5.74) is 3.98. The predicted molar refractivity (Wildman–Crippen MR) is 74.7 cm³/mol. The van der Waals surface area contributed by atoms with Gasteiger partial charge in [-0.2, -0.15) is 0 Å². The average Bonchev–Trinajstić information content (AvgIpc) is 2.70. The molecule has 0 atom stereocenters. The van der Waals surface area contributed by atoms with Crippen LogP contribution in [0.25, 0.3) is 17.0 Å². The van der Waals surface area contributed by atoms with Crippen LogP contribution in [0.15, 0.2) is 28.7 Å². The number of aromatic amines is 1. The Balaban J connectivity index is 0.000000457. The van der Waals surface area contributed by atoms with Crippen LogP contribution in [0.2, 0.25) is 0 Å². The molecular formula is C14H16BrN. The van der Waals surface area contributed by atoms with E-state index in [4.69, 9.17) is 0 Å². The van der Waals surface area contributed by atoms with Crippen LogP contribution in [0.3, 0.4) is 0 Å². The topological polar surface area (TPSA) is 15.8 Å². The molecule has 0 saturated carbocycles. The van der Waals surface area contributed by atoms with E-state index in [1.807, 2.05) is 13.8 Å². The van der Waals surface area contributed by atoms with Crippen LogP contribution < -0.4 is 0 Å². The Labute approximate surface area is 105 Å². The number of nitrogens with one attached hydrogen (secondary N) is 1. The molecule has 1 aromatic heterocycles. The van der Waals surface area contributed by atoms with E-state index in [0.717, 1.165) is 17.3 Å². The minimum atomic E-state index is 1.14. The van der Waals surface area contributed by atoms with Crippen LogP contribution in [0.4, 0.5) is 0 Å². The number of hydrogen-bond acceptors (Lipinski definition) is 0. The molecule has 3 rings (SSSR count). The zero-order chi connectivity index (χ0) is 11.5. The Kier molecular flexibility index (Phi) is 3.49. The van der Waals surface area contributed by atoms with E-state index in [0.29, 0.717) is 0 Å². The molecule has 0 unspecified atom stereocenters. The Morgan fingerprint density at radius 1 is 1.25 bits per heavy atom. The fourth-order valence-electron chi connectivity index (χ4n) is 2.06. The van der Waals surface area contributed by atoms with Gasteiger partial charge in [0.1, 0.15) is 0 Å². The highest BCUT2D eigenvalue weighted by Gasteiger charge is 2.11. The van der Waals surface area contributed by atoms with Gasteiger partial charge >= 0.3 is 0 Å². The van der Waals surface area contributed by atoms with E-state index in [1.54, 1.807) is 0 Å². The quantitative estimate of drug-likeness (QED) is 0.704. The monoisotopic (exact) mass is 277 g/mol. The Hall–Kier alpha value is -1.02. The standard InChI is InChI=1S/C12H10BrN.C2H6/c13-8-5-6-12-10(7-8)9-3-1-2-4-11(9)14-12;1-2/h1,3,5-7,14H,2,4H2;1-2H3. The largest absolute Gasteiger partial charge is 0.358 e. The first-order valence-electron chi connectivity index (χ1n) is 5.81. The number of halogens is 1. The molecule has 1 nitrogen and oxygen atoms in total. The van der Waals surface area contributed by atoms with Crippen LogP contribution in [0.5, 0.6) is 0 Å². The molecule has 2 aromatic rings. The number of H-pyrrole nitrogens is 1. The molecule has 0 spiro atoms. The molecule has 16 heavy (non-hydrogen) atoms. The smallest absolute Gasteiger partial charge is 0.0463 e. The Morgan fingerprint density at radius 2 is 2.06 bits per heavy atom. The number of hydrogen-bond donors (Lipinski definition) is 1. The minimum Gasteiger partial charge on any atom is -0.358 e. The molecule has 1 N–H and O–H groups in total. The van der Waals surface area contributed by atoms with E-state index in [2.05, 4.69) is 51.3 Å². The van der Waals surface area contributed by atoms with Crippen LogP contribution in [-0.2, 0) is 6.42 Å². The van der Waals surface area contributed by atoms with Gasteiger partial charge in [-0.3, -0.25) is 0 Å². The Morgan fingerprint density at radius 3 is 2.88 bits per heavy atom. The van der Waals surface area contributed by atoms with Gasteiger partial charge in [-0.15, -0.1) is 0 Å². The second-order valence-electron chi connectivity index (χ2n) is 3.65. The second kappa shape index (κ2) is 4.88. The number of benzene rings is 1. The van der Waals surface area contributed by atoms with E-state index >= 15 is 0 Å². The fourth-order valence-corrected chi connectivity index (χ4v) is 2.42. The van der Waals surface area contributed by atoms with Gasteiger partial charge in [0.2, 0.25) is 0 Å². The summed E-state index contributed by atoms with van der Waals surface area (Å²) in [6.07, 6.45) is 6.76. The van der Waals surface area contributed by atoms with Gasteiger partial charge in [0.25, 0.3) is 0 Å². The average molecular weight is 278 g/mol. The van der Waals surface area contributed by atoms with Crippen molar-refractivity contribution in [2.75, 3.05) is 0 Å². The fraction of sp³-hybridized carbons (Fsp3) is 0.286. The van der Waals surface area contributed by atoms with Crippen LogP contribution >= 0.6 is 15.9 Å². The maximum atomic E-state index is 3.51. The molecule has 1 aliphatic rings. The van der Waals surface area contributed by atoms with Crippen molar-refractivity contribution in [3.63, 3.8) is 0 Å². The maximum Gasteiger partial charge on any atom is 0.0463 e. The molecule has 0 bridgehead atoms. The molecular weight excluding hydrogens is 262 g/mol. The van der Waals surface area contributed by atoms with Crippen molar-refractivity contribution in [2.24, 2.45) is 0 Å². The van der Waals surface area contributed by atoms with Gasteiger partial charge in [0.15, 0.2) is 0 Å². The SMILES string of the molecule is Brc1ccc2[nH]c3c(c2c1)C=CCC3.CC. The van der Waals surface area contributed by atoms with Crippen LogP contribution in [0, 0.1) is 0 Å². The molecule has 0 aliphatic heterocycles. The van der Waals surface area contributed by atoms with Crippen molar-refractivity contribution < 1.29 is 0 Å². The summed E-state index contributed by atoms with van der Waals surface area (Å²) in [4.78, 5) is 3.47. The molecule has 0 fully saturated rings. The number of aryl methyl sites for hydroxylation is 1. The van der Waals surface area contributed by atoms with Crippen LogP contribution in [0.1, 0.15) is 31.5 Å². The molecule has 1 aliphatic carbocycles. The molecule has 0 saturated heterocycles. The first-order valence-corrected chi connectivity index (χ1v) is 6.60. The number of fused-ring (bicyclic) bond motifs is 3. The highest BCUT2D eigenvalue weighted by molar-refractivity contribution is 9.10. The minimum absolute atomic E-state index is 1.14. The van der Waals surface area contributed by atoms with Gasteiger partial charge < -0.3 is 4.98 Å². The first-order chi connectivity index (χ1) is 7.84. The molecule has 1 heterocycles. The van der Waals surface area contributed by atoms with Crippen molar-refractivity contribution in [3.8, 4) is 0 Å². The van der Waals surface area contributed by atoms with Gasteiger partial charge in [-0.25, -0.2) is 0 Å². The summed E-state index contributed by atoms with van der Waals surface area (Å²) in [6, 6.07) is 6.39. The summed E-state index contributed by atoms with van der Waals surface area (Å²) in [6.45, 7) is 4.00. The molecule has 2 heteroatoms. The molecule has 0 radical (unpaired) electrons. The number of allylic oxidation sites excluding steroid dienone is 1. The second-order valence-corrected chi connectivity index (χ2v) is 4.56. The lowest BCUT2D eigenvalue weighted by Crippen LogP contribution is -1.90. The third kappa shape index (κ3) is 1.94. The van der Waals surface area contributed by atoms with Gasteiger partial charge in [0.05, 0.1) is 0 Å². The first kappa shape index (κ1) is 11.5. The summed E-state index contributed by atoms with van der Waals surface area (Å²) in [5.74, 6) is 0. The highest BCUT2D eigenvalue weighted by atomic mass is 79.9. The van der Waals surface area contributed by atoms with Gasteiger partial charge in [-0.1, -0.05) is 41.9 Å². The van der Waals surface area contributed by atoms with E-state index < -0.39 is 0 Å². The van der Waals surface area contributed by atoms with E-state index in [-0.39, 0.29) is 0 Å². The zero-order valence-electron chi connectivity index (χ0n) is 9.68. The van der Waals surface area contributed by atoms with Crippen molar-refractivity contribution in [1.82, 2.24) is 4.98 Å². The van der Waals surface area contributed by atoms with Crippen molar-refractivity contribution >= 4 is 32.9 Å². The number of rotatable bonds is 0. The summed E-state index contributed by atoms with van der Waals surface area (Å²) in [7, 11) is 0. The summed E-state index contributed by atoms with van der Waals surface area (Å²) in [5, 5.41) is 1.32. The van der Waals surface area contributed by atoms with E-state index in [1.165, 1.54) is 22.2 Å². The predicted octanol–water partition coefficient (Wildman–Crippen LogP) is 4.92. The highest BCUT2D eigenvalue weighted by Crippen LogP contribution is 2.29.